The second-order valence-corrected chi connectivity index (χ2v) is 7.09. The number of carbonyl (C=O) groups excluding carboxylic acids is 2. The van der Waals surface area contributed by atoms with E-state index in [1.807, 2.05) is 18.2 Å². The first-order chi connectivity index (χ1) is 13.0. The Morgan fingerprint density at radius 1 is 1.22 bits per heavy atom. The van der Waals surface area contributed by atoms with E-state index >= 15 is 0 Å². The molecular formula is C18H21BrN4O4. The molecule has 0 unspecified atom stereocenters. The van der Waals surface area contributed by atoms with Crippen LogP contribution in [-0.4, -0.2) is 60.2 Å². The van der Waals surface area contributed by atoms with Gasteiger partial charge in [0.2, 0.25) is 5.76 Å². The summed E-state index contributed by atoms with van der Waals surface area (Å²) in [7, 11) is 1.61. The van der Waals surface area contributed by atoms with Crippen LogP contribution in [0.5, 0.6) is 5.75 Å². The van der Waals surface area contributed by atoms with Gasteiger partial charge in [-0.1, -0.05) is 11.2 Å². The van der Waals surface area contributed by atoms with Crippen LogP contribution in [-0.2, 0) is 6.54 Å². The number of amides is 3. The van der Waals surface area contributed by atoms with Crippen LogP contribution in [0.2, 0.25) is 0 Å². The quantitative estimate of drug-likeness (QED) is 0.794. The number of hydrogen-bond acceptors (Lipinski definition) is 5. The summed E-state index contributed by atoms with van der Waals surface area (Å²) in [5.41, 5.74) is 1.63. The zero-order valence-electron chi connectivity index (χ0n) is 15.2. The van der Waals surface area contributed by atoms with E-state index in [1.54, 1.807) is 29.9 Å². The molecule has 144 valence electrons. The van der Waals surface area contributed by atoms with Crippen LogP contribution in [0.25, 0.3) is 0 Å². The molecule has 0 bridgehead atoms. The number of piperazine rings is 1. The largest absolute Gasteiger partial charge is 0.496 e. The van der Waals surface area contributed by atoms with Gasteiger partial charge in [-0.3, -0.25) is 4.79 Å². The van der Waals surface area contributed by atoms with Crippen LogP contribution in [0.15, 0.2) is 33.3 Å². The lowest BCUT2D eigenvalue weighted by molar-refractivity contribution is 0.0624. The number of hydrogen-bond donors (Lipinski definition) is 1. The predicted octanol–water partition coefficient (Wildman–Crippen LogP) is 2.42. The predicted molar refractivity (Wildman–Crippen MR) is 102 cm³/mol. The number of rotatable bonds is 4. The van der Waals surface area contributed by atoms with Gasteiger partial charge in [-0.05, 0) is 40.5 Å². The van der Waals surface area contributed by atoms with Crippen molar-refractivity contribution in [3.8, 4) is 5.75 Å². The minimum absolute atomic E-state index is 0.149. The van der Waals surface area contributed by atoms with Gasteiger partial charge in [0, 0.05) is 38.8 Å². The van der Waals surface area contributed by atoms with Crippen LogP contribution < -0.4 is 10.1 Å². The van der Waals surface area contributed by atoms with Crippen LogP contribution in [0.1, 0.15) is 21.8 Å². The molecular weight excluding hydrogens is 416 g/mol. The molecule has 1 N–H and O–H groups in total. The van der Waals surface area contributed by atoms with Crippen molar-refractivity contribution in [2.45, 2.75) is 13.5 Å². The highest BCUT2D eigenvalue weighted by Crippen LogP contribution is 2.25. The molecule has 0 aliphatic carbocycles. The van der Waals surface area contributed by atoms with E-state index in [9.17, 15) is 9.59 Å². The average molecular weight is 437 g/mol. The summed E-state index contributed by atoms with van der Waals surface area (Å²) < 4.78 is 11.1. The van der Waals surface area contributed by atoms with Gasteiger partial charge in [0.1, 0.15) is 5.75 Å². The van der Waals surface area contributed by atoms with Gasteiger partial charge >= 0.3 is 6.03 Å². The zero-order valence-corrected chi connectivity index (χ0v) is 16.8. The highest BCUT2D eigenvalue weighted by atomic mass is 79.9. The number of aryl methyl sites for hydroxylation is 1. The molecule has 1 fully saturated rings. The van der Waals surface area contributed by atoms with E-state index in [-0.39, 0.29) is 17.7 Å². The number of urea groups is 1. The normalized spacial score (nSPS) is 14.2. The smallest absolute Gasteiger partial charge is 0.317 e. The van der Waals surface area contributed by atoms with E-state index in [2.05, 4.69) is 26.4 Å². The number of ether oxygens (including phenoxy) is 1. The number of methoxy groups -OCH3 is 1. The molecule has 1 aromatic heterocycles. The lowest BCUT2D eigenvalue weighted by Gasteiger charge is -2.34. The molecule has 1 aromatic carbocycles. The van der Waals surface area contributed by atoms with Gasteiger partial charge in [0.05, 0.1) is 17.3 Å². The van der Waals surface area contributed by atoms with Gasteiger partial charge in [-0.2, -0.15) is 0 Å². The molecule has 1 saturated heterocycles. The fourth-order valence-corrected chi connectivity index (χ4v) is 3.43. The monoisotopic (exact) mass is 436 g/mol. The first-order valence-electron chi connectivity index (χ1n) is 8.55. The lowest BCUT2D eigenvalue weighted by Crippen LogP contribution is -2.53. The Balaban J connectivity index is 1.48. The van der Waals surface area contributed by atoms with E-state index in [1.165, 1.54) is 0 Å². The Bertz CT molecular complexity index is 831. The third-order valence-corrected chi connectivity index (χ3v) is 4.97. The first kappa shape index (κ1) is 19.2. The molecule has 3 rings (SSSR count). The van der Waals surface area contributed by atoms with E-state index in [0.29, 0.717) is 38.4 Å². The molecule has 3 amide bonds. The van der Waals surface area contributed by atoms with Crippen molar-refractivity contribution in [1.29, 1.82) is 0 Å². The fraction of sp³-hybridized carbons (Fsp3) is 0.389. The van der Waals surface area contributed by atoms with Gasteiger partial charge in [0.15, 0.2) is 0 Å². The van der Waals surface area contributed by atoms with Crippen molar-refractivity contribution in [2.24, 2.45) is 0 Å². The van der Waals surface area contributed by atoms with Gasteiger partial charge in [-0.25, -0.2) is 4.79 Å². The van der Waals surface area contributed by atoms with E-state index < -0.39 is 0 Å². The summed E-state index contributed by atoms with van der Waals surface area (Å²) in [5, 5.41) is 6.64. The molecule has 0 radical (unpaired) electrons. The van der Waals surface area contributed by atoms with Crippen molar-refractivity contribution in [1.82, 2.24) is 20.3 Å². The molecule has 0 atom stereocenters. The van der Waals surface area contributed by atoms with Crippen molar-refractivity contribution in [3.05, 3.63) is 45.8 Å². The van der Waals surface area contributed by atoms with Crippen molar-refractivity contribution < 1.29 is 18.8 Å². The lowest BCUT2D eigenvalue weighted by atomic mass is 10.2. The third kappa shape index (κ3) is 4.60. The molecule has 1 aliphatic rings. The second kappa shape index (κ2) is 8.43. The third-order valence-electron chi connectivity index (χ3n) is 4.35. The van der Waals surface area contributed by atoms with Crippen molar-refractivity contribution >= 4 is 27.9 Å². The number of carbonyl (C=O) groups is 2. The van der Waals surface area contributed by atoms with Gasteiger partial charge in [0.25, 0.3) is 5.91 Å². The maximum Gasteiger partial charge on any atom is 0.317 e. The fourth-order valence-electron chi connectivity index (χ4n) is 2.84. The molecule has 8 nitrogen and oxygen atoms in total. The SMILES string of the molecule is COc1ccc(CNC(=O)N2CCN(C(=O)c3cc(C)no3)CC2)cc1Br. The molecule has 1 aliphatic heterocycles. The number of aromatic nitrogens is 1. The summed E-state index contributed by atoms with van der Waals surface area (Å²) in [6.45, 7) is 4.04. The summed E-state index contributed by atoms with van der Waals surface area (Å²) in [5.74, 6) is 0.780. The van der Waals surface area contributed by atoms with Crippen molar-refractivity contribution in [2.75, 3.05) is 33.3 Å². The zero-order chi connectivity index (χ0) is 19.4. The molecule has 2 aromatic rings. The summed E-state index contributed by atoms with van der Waals surface area (Å²) in [6.07, 6.45) is 0. The Morgan fingerprint density at radius 2 is 1.93 bits per heavy atom. The maximum absolute atomic E-state index is 12.4. The summed E-state index contributed by atoms with van der Waals surface area (Å²) in [6, 6.07) is 7.13. The maximum atomic E-state index is 12.4. The minimum Gasteiger partial charge on any atom is -0.496 e. The minimum atomic E-state index is -0.196. The molecule has 2 heterocycles. The Morgan fingerprint density at radius 3 is 2.52 bits per heavy atom. The highest BCUT2D eigenvalue weighted by molar-refractivity contribution is 9.10. The Kier molecular flexibility index (Phi) is 6.00. The number of nitrogens with zero attached hydrogens (tertiary/aromatic N) is 3. The standard InChI is InChI=1S/C18H21BrN4O4/c1-12-9-16(27-21-12)17(24)22-5-7-23(8-6-22)18(25)20-11-13-3-4-15(26-2)14(19)10-13/h3-4,9-10H,5-8,11H2,1-2H3,(H,20,25). The Labute approximate surface area is 165 Å². The number of benzene rings is 1. The summed E-state index contributed by atoms with van der Waals surface area (Å²) in [4.78, 5) is 28.1. The van der Waals surface area contributed by atoms with E-state index in [4.69, 9.17) is 9.26 Å². The van der Waals surface area contributed by atoms with Crippen LogP contribution >= 0.6 is 15.9 Å². The van der Waals surface area contributed by atoms with Gasteiger partial charge in [-0.15, -0.1) is 0 Å². The van der Waals surface area contributed by atoms with Gasteiger partial charge < -0.3 is 24.4 Å². The number of nitrogens with one attached hydrogen (secondary N) is 1. The highest BCUT2D eigenvalue weighted by Gasteiger charge is 2.26. The van der Waals surface area contributed by atoms with Crippen LogP contribution in [0, 0.1) is 6.92 Å². The van der Waals surface area contributed by atoms with Crippen molar-refractivity contribution in [3.63, 3.8) is 0 Å². The topological polar surface area (TPSA) is 87.9 Å². The van der Waals surface area contributed by atoms with E-state index in [0.717, 1.165) is 15.8 Å². The molecule has 27 heavy (non-hydrogen) atoms. The molecule has 0 spiro atoms. The van der Waals surface area contributed by atoms with Crippen LogP contribution in [0.4, 0.5) is 4.79 Å². The molecule has 9 heteroatoms. The average Bonchev–Trinajstić information content (AvgIpc) is 3.12. The van der Waals surface area contributed by atoms with Crippen LogP contribution in [0.3, 0.4) is 0 Å². The summed E-state index contributed by atoms with van der Waals surface area (Å²) >= 11 is 3.43. The molecule has 0 saturated carbocycles. The second-order valence-electron chi connectivity index (χ2n) is 6.24. The Hall–Kier alpha value is -2.55. The number of halogens is 1. The first-order valence-corrected chi connectivity index (χ1v) is 9.35.